The summed E-state index contributed by atoms with van der Waals surface area (Å²) in [5.74, 6) is 1.24. The summed E-state index contributed by atoms with van der Waals surface area (Å²) >= 11 is 0. The third-order valence-corrected chi connectivity index (χ3v) is 3.40. The van der Waals surface area contributed by atoms with Crippen molar-refractivity contribution in [2.75, 3.05) is 13.1 Å². The summed E-state index contributed by atoms with van der Waals surface area (Å²) in [7, 11) is 0. The van der Waals surface area contributed by atoms with Crippen molar-refractivity contribution in [1.29, 1.82) is 0 Å². The monoisotopic (exact) mass is 298 g/mol. The average molecular weight is 298 g/mol. The van der Waals surface area contributed by atoms with E-state index in [1.165, 1.54) is 0 Å². The highest BCUT2D eigenvalue weighted by Gasteiger charge is 2.14. The first-order chi connectivity index (χ1) is 10.7. The zero-order chi connectivity index (χ0) is 15.8. The number of hydrogen-bond donors (Lipinski definition) is 0. The van der Waals surface area contributed by atoms with Gasteiger partial charge in [-0.05, 0) is 31.5 Å². The Morgan fingerprint density at radius 1 is 1.14 bits per heavy atom. The van der Waals surface area contributed by atoms with Gasteiger partial charge < -0.3 is 9.64 Å². The van der Waals surface area contributed by atoms with Crippen molar-refractivity contribution in [3.8, 4) is 11.6 Å². The zero-order valence-corrected chi connectivity index (χ0v) is 13.2. The molecule has 0 saturated carbocycles. The lowest BCUT2D eigenvalue weighted by Crippen LogP contribution is -2.31. The maximum Gasteiger partial charge on any atom is 0.255 e. The molecule has 0 bridgehead atoms. The molecule has 0 N–H and O–H groups in total. The van der Waals surface area contributed by atoms with Gasteiger partial charge in [0, 0.05) is 25.4 Å². The Morgan fingerprint density at radius 2 is 1.91 bits per heavy atom. The molecule has 0 unspecified atom stereocenters. The summed E-state index contributed by atoms with van der Waals surface area (Å²) in [5, 5.41) is 0. The molecular formula is C18H22N2O2. The van der Waals surface area contributed by atoms with Crippen molar-refractivity contribution < 1.29 is 9.53 Å². The molecule has 0 spiro atoms. The maximum atomic E-state index is 12.4. The van der Waals surface area contributed by atoms with Gasteiger partial charge in [0.05, 0.1) is 5.56 Å². The van der Waals surface area contributed by atoms with Crippen molar-refractivity contribution in [3.63, 3.8) is 0 Å². The third kappa shape index (κ3) is 4.32. The molecule has 2 aromatic rings. The second kappa shape index (κ2) is 8.17. The van der Waals surface area contributed by atoms with Gasteiger partial charge in [-0.25, -0.2) is 4.98 Å². The molecule has 0 fully saturated rings. The van der Waals surface area contributed by atoms with Gasteiger partial charge in [0.25, 0.3) is 5.91 Å². The highest BCUT2D eigenvalue weighted by molar-refractivity contribution is 5.93. The predicted molar refractivity (Wildman–Crippen MR) is 87.2 cm³/mol. The molecule has 0 aliphatic carbocycles. The van der Waals surface area contributed by atoms with E-state index in [-0.39, 0.29) is 5.91 Å². The van der Waals surface area contributed by atoms with Crippen LogP contribution in [0.1, 0.15) is 37.0 Å². The van der Waals surface area contributed by atoms with Gasteiger partial charge in [-0.2, -0.15) is 0 Å². The van der Waals surface area contributed by atoms with Crippen molar-refractivity contribution in [2.24, 2.45) is 0 Å². The van der Waals surface area contributed by atoms with E-state index in [1.807, 2.05) is 42.2 Å². The Hall–Kier alpha value is -2.36. The van der Waals surface area contributed by atoms with E-state index in [1.54, 1.807) is 18.3 Å². The van der Waals surface area contributed by atoms with E-state index in [0.717, 1.165) is 25.1 Å². The van der Waals surface area contributed by atoms with E-state index >= 15 is 0 Å². The van der Waals surface area contributed by atoms with E-state index in [2.05, 4.69) is 11.9 Å². The number of carbonyl (C=O) groups is 1. The smallest absolute Gasteiger partial charge is 0.255 e. The fraction of sp³-hybridized carbons (Fsp3) is 0.333. The van der Waals surface area contributed by atoms with Gasteiger partial charge in [-0.15, -0.1) is 0 Å². The van der Waals surface area contributed by atoms with Gasteiger partial charge in [-0.3, -0.25) is 4.79 Å². The minimum Gasteiger partial charge on any atom is -0.439 e. The molecule has 2 rings (SSSR count). The molecule has 116 valence electrons. The summed E-state index contributed by atoms with van der Waals surface area (Å²) in [6, 6.07) is 13.0. The molecule has 0 aliphatic rings. The maximum absolute atomic E-state index is 12.4. The summed E-state index contributed by atoms with van der Waals surface area (Å²) in [6.07, 6.45) is 3.67. The molecule has 0 radical (unpaired) electrons. The summed E-state index contributed by atoms with van der Waals surface area (Å²) in [4.78, 5) is 18.5. The van der Waals surface area contributed by atoms with Crippen LogP contribution in [0.3, 0.4) is 0 Å². The van der Waals surface area contributed by atoms with Crippen LogP contribution in [0.25, 0.3) is 0 Å². The number of aromatic nitrogens is 1. The Balaban J connectivity index is 2.03. The number of para-hydroxylation sites is 1. The highest BCUT2D eigenvalue weighted by atomic mass is 16.5. The number of hydrogen-bond acceptors (Lipinski definition) is 3. The quantitative estimate of drug-likeness (QED) is 0.771. The van der Waals surface area contributed by atoms with Crippen LogP contribution in [-0.4, -0.2) is 28.9 Å². The molecule has 1 aromatic heterocycles. The van der Waals surface area contributed by atoms with Crippen LogP contribution < -0.4 is 4.74 Å². The number of amides is 1. The molecule has 22 heavy (non-hydrogen) atoms. The van der Waals surface area contributed by atoms with Gasteiger partial charge in [0.15, 0.2) is 0 Å². The Bertz CT molecular complexity index is 582. The van der Waals surface area contributed by atoms with E-state index in [9.17, 15) is 4.79 Å². The Labute approximate surface area is 131 Å². The molecule has 4 heteroatoms. The predicted octanol–water partition coefficient (Wildman–Crippen LogP) is 4.14. The largest absolute Gasteiger partial charge is 0.439 e. The van der Waals surface area contributed by atoms with E-state index < -0.39 is 0 Å². The topological polar surface area (TPSA) is 42.4 Å². The number of ether oxygens (including phenoxy) is 1. The second-order valence-electron chi connectivity index (χ2n) is 5.04. The molecule has 0 aliphatic heterocycles. The zero-order valence-electron chi connectivity index (χ0n) is 13.2. The second-order valence-corrected chi connectivity index (χ2v) is 5.04. The molecule has 1 heterocycles. The van der Waals surface area contributed by atoms with Gasteiger partial charge >= 0.3 is 0 Å². The Morgan fingerprint density at radius 3 is 2.50 bits per heavy atom. The SMILES string of the molecule is CCCCN(CC)C(=O)c1ccc(Oc2ccccc2)nc1. The van der Waals surface area contributed by atoms with Crippen LogP contribution >= 0.6 is 0 Å². The van der Waals surface area contributed by atoms with Crippen LogP contribution in [0.4, 0.5) is 0 Å². The van der Waals surface area contributed by atoms with Crippen LogP contribution in [0.5, 0.6) is 11.6 Å². The van der Waals surface area contributed by atoms with E-state index in [4.69, 9.17) is 4.74 Å². The molecule has 1 amide bonds. The standard InChI is InChI=1S/C18H22N2O2/c1-3-5-13-20(4-2)18(21)15-11-12-17(19-14-15)22-16-9-7-6-8-10-16/h6-12,14H,3-5,13H2,1-2H3. The number of nitrogens with zero attached hydrogens (tertiary/aromatic N) is 2. The first kappa shape index (κ1) is 16.0. The molecule has 1 aromatic carbocycles. The van der Waals surface area contributed by atoms with Gasteiger partial charge in [0.2, 0.25) is 5.88 Å². The molecule has 0 atom stereocenters. The van der Waals surface area contributed by atoms with Crippen molar-refractivity contribution in [1.82, 2.24) is 9.88 Å². The minimum absolute atomic E-state index is 0.0229. The molecule has 4 nitrogen and oxygen atoms in total. The average Bonchev–Trinajstić information content (AvgIpc) is 2.57. The lowest BCUT2D eigenvalue weighted by molar-refractivity contribution is 0.0762. The highest BCUT2D eigenvalue weighted by Crippen LogP contribution is 2.19. The number of benzene rings is 1. The van der Waals surface area contributed by atoms with Crippen LogP contribution in [0, 0.1) is 0 Å². The number of rotatable bonds is 7. The summed E-state index contributed by atoms with van der Waals surface area (Å²) in [6.45, 7) is 5.61. The number of unbranched alkanes of at least 4 members (excludes halogenated alkanes) is 1. The number of carbonyl (C=O) groups excluding carboxylic acids is 1. The fourth-order valence-corrected chi connectivity index (χ4v) is 2.11. The van der Waals surface area contributed by atoms with Gasteiger partial charge in [0.1, 0.15) is 5.75 Å². The Kier molecular flexibility index (Phi) is 5.95. The van der Waals surface area contributed by atoms with Crippen molar-refractivity contribution >= 4 is 5.91 Å². The number of pyridine rings is 1. The lowest BCUT2D eigenvalue weighted by atomic mass is 10.2. The normalized spacial score (nSPS) is 10.3. The molecular weight excluding hydrogens is 276 g/mol. The van der Waals surface area contributed by atoms with Crippen LogP contribution in [-0.2, 0) is 0 Å². The third-order valence-electron chi connectivity index (χ3n) is 3.40. The van der Waals surface area contributed by atoms with Crippen LogP contribution in [0.15, 0.2) is 48.7 Å². The minimum atomic E-state index is 0.0229. The first-order valence-corrected chi connectivity index (χ1v) is 7.72. The first-order valence-electron chi connectivity index (χ1n) is 7.72. The van der Waals surface area contributed by atoms with Crippen molar-refractivity contribution in [3.05, 3.63) is 54.2 Å². The fourth-order valence-electron chi connectivity index (χ4n) is 2.11. The van der Waals surface area contributed by atoms with Crippen LogP contribution in [0.2, 0.25) is 0 Å². The molecule has 0 saturated heterocycles. The lowest BCUT2D eigenvalue weighted by Gasteiger charge is -2.20. The summed E-state index contributed by atoms with van der Waals surface area (Å²) < 4.78 is 5.63. The van der Waals surface area contributed by atoms with E-state index in [0.29, 0.717) is 18.0 Å². The van der Waals surface area contributed by atoms with Gasteiger partial charge in [-0.1, -0.05) is 31.5 Å². The van der Waals surface area contributed by atoms with Crippen molar-refractivity contribution in [2.45, 2.75) is 26.7 Å². The summed E-state index contributed by atoms with van der Waals surface area (Å²) in [5.41, 5.74) is 0.596.